The zero-order valence-corrected chi connectivity index (χ0v) is 9.59. The van der Waals surface area contributed by atoms with E-state index in [-0.39, 0.29) is 12.6 Å². The summed E-state index contributed by atoms with van der Waals surface area (Å²) < 4.78 is 0. The van der Waals surface area contributed by atoms with E-state index in [1.54, 1.807) is 18.6 Å². The highest BCUT2D eigenvalue weighted by Gasteiger charge is 2.18. The summed E-state index contributed by atoms with van der Waals surface area (Å²) in [4.78, 5) is 10.5. The molecule has 1 aromatic heterocycles. The standard InChI is InChI=1S/C11H19N3O/c1-9(2)14(6-7-15)10(3)11-8-12-4-5-13-11/h4-5,8-10,15H,6-7H2,1-3H3. The number of aromatic nitrogens is 2. The van der Waals surface area contributed by atoms with E-state index in [9.17, 15) is 0 Å². The summed E-state index contributed by atoms with van der Waals surface area (Å²) in [5.74, 6) is 0. The molecule has 0 radical (unpaired) electrons. The maximum atomic E-state index is 9.00. The van der Waals surface area contributed by atoms with Crippen molar-refractivity contribution in [3.63, 3.8) is 0 Å². The molecule has 1 aromatic rings. The van der Waals surface area contributed by atoms with Crippen molar-refractivity contribution in [3.8, 4) is 0 Å². The quantitative estimate of drug-likeness (QED) is 0.792. The molecule has 15 heavy (non-hydrogen) atoms. The molecule has 0 bridgehead atoms. The van der Waals surface area contributed by atoms with Crippen molar-refractivity contribution in [2.75, 3.05) is 13.2 Å². The van der Waals surface area contributed by atoms with E-state index < -0.39 is 0 Å². The summed E-state index contributed by atoms with van der Waals surface area (Å²) >= 11 is 0. The van der Waals surface area contributed by atoms with Crippen molar-refractivity contribution in [1.82, 2.24) is 14.9 Å². The van der Waals surface area contributed by atoms with Crippen molar-refractivity contribution in [2.24, 2.45) is 0 Å². The number of aliphatic hydroxyl groups is 1. The Bertz CT molecular complexity index is 276. The minimum absolute atomic E-state index is 0.169. The van der Waals surface area contributed by atoms with Gasteiger partial charge in [0.2, 0.25) is 0 Å². The summed E-state index contributed by atoms with van der Waals surface area (Å²) in [6.45, 7) is 7.14. The van der Waals surface area contributed by atoms with Crippen LogP contribution in [0.15, 0.2) is 18.6 Å². The summed E-state index contributed by atoms with van der Waals surface area (Å²) in [6, 6.07) is 0.569. The highest BCUT2D eigenvalue weighted by molar-refractivity contribution is 5.01. The highest BCUT2D eigenvalue weighted by atomic mass is 16.3. The highest BCUT2D eigenvalue weighted by Crippen LogP contribution is 2.18. The normalized spacial score (nSPS) is 13.5. The molecule has 0 saturated carbocycles. The van der Waals surface area contributed by atoms with Gasteiger partial charge in [-0.05, 0) is 20.8 Å². The second-order valence-corrected chi connectivity index (χ2v) is 3.86. The van der Waals surface area contributed by atoms with Crippen LogP contribution in [0.25, 0.3) is 0 Å². The molecule has 0 aliphatic heterocycles. The van der Waals surface area contributed by atoms with Gasteiger partial charge in [-0.1, -0.05) is 0 Å². The Balaban J connectivity index is 2.76. The van der Waals surface area contributed by atoms with Gasteiger partial charge in [0, 0.05) is 31.2 Å². The Kier molecular flexibility index (Phi) is 4.65. The van der Waals surface area contributed by atoms with Crippen LogP contribution in [0.3, 0.4) is 0 Å². The Morgan fingerprint density at radius 1 is 1.33 bits per heavy atom. The smallest absolute Gasteiger partial charge is 0.0755 e. The molecule has 1 rings (SSSR count). The van der Waals surface area contributed by atoms with Crippen molar-refractivity contribution in [1.29, 1.82) is 0 Å². The molecule has 1 heterocycles. The van der Waals surface area contributed by atoms with Gasteiger partial charge < -0.3 is 5.11 Å². The summed E-state index contributed by atoms with van der Waals surface area (Å²) in [5.41, 5.74) is 0.944. The van der Waals surface area contributed by atoms with Crippen LogP contribution in [0.5, 0.6) is 0 Å². The van der Waals surface area contributed by atoms with Crippen molar-refractivity contribution in [3.05, 3.63) is 24.3 Å². The number of hydrogen-bond donors (Lipinski definition) is 1. The zero-order chi connectivity index (χ0) is 11.3. The molecule has 0 saturated heterocycles. The Morgan fingerprint density at radius 2 is 2.07 bits per heavy atom. The Hall–Kier alpha value is -1.00. The van der Waals surface area contributed by atoms with E-state index in [1.165, 1.54) is 0 Å². The van der Waals surface area contributed by atoms with Crippen LogP contribution in [-0.4, -0.2) is 39.2 Å². The summed E-state index contributed by atoms with van der Waals surface area (Å²) in [6.07, 6.45) is 5.14. The molecule has 1 unspecified atom stereocenters. The molecule has 0 aliphatic rings. The molecule has 1 N–H and O–H groups in total. The van der Waals surface area contributed by atoms with Gasteiger partial charge in [0.05, 0.1) is 18.3 Å². The number of aliphatic hydroxyl groups excluding tert-OH is 1. The molecule has 0 spiro atoms. The van der Waals surface area contributed by atoms with E-state index in [0.29, 0.717) is 12.6 Å². The van der Waals surface area contributed by atoms with Crippen molar-refractivity contribution >= 4 is 0 Å². The molecular weight excluding hydrogens is 190 g/mol. The van der Waals surface area contributed by atoms with Gasteiger partial charge in [-0.3, -0.25) is 14.9 Å². The maximum absolute atomic E-state index is 9.00. The first-order chi connectivity index (χ1) is 7.16. The summed E-state index contributed by atoms with van der Waals surface area (Å²) in [7, 11) is 0. The van der Waals surface area contributed by atoms with Gasteiger partial charge in [0.25, 0.3) is 0 Å². The van der Waals surface area contributed by atoms with Crippen LogP contribution in [0.4, 0.5) is 0 Å². The van der Waals surface area contributed by atoms with E-state index in [4.69, 9.17) is 5.11 Å². The van der Waals surface area contributed by atoms with Crippen LogP contribution in [-0.2, 0) is 0 Å². The van der Waals surface area contributed by atoms with Crippen LogP contribution in [0.1, 0.15) is 32.5 Å². The SMILES string of the molecule is CC(C)N(CCO)C(C)c1cnccn1. The summed E-state index contributed by atoms with van der Waals surface area (Å²) in [5, 5.41) is 9.00. The fourth-order valence-electron chi connectivity index (χ4n) is 1.71. The Labute approximate surface area is 91.0 Å². The minimum atomic E-state index is 0.169. The first-order valence-corrected chi connectivity index (χ1v) is 5.29. The average Bonchev–Trinajstić information content (AvgIpc) is 2.26. The van der Waals surface area contributed by atoms with Crippen molar-refractivity contribution < 1.29 is 5.11 Å². The second kappa shape index (κ2) is 5.78. The fraction of sp³-hybridized carbons (Fsp3) is 0.636. The van der Waals surface area contributed by atoms with E-state index in [0.717, 1.165) is 5.69 Å². The lowest BCUT2D eigenvalue weighted by molar-refractivity contribution is 0.124. The van der Waals surface area contributed by atoms with Crippen LogP contribution < -0.4 is 0 Å². The van der Waals surface area contributed by atoms with Gasteiger partial charge in [-0.15, -0.1) is 0 Å². The molecule has 4 heteroatoms. The lowest BCUT2D eigenvalue weighted by Gasteiger charge is -2.31. The first-order valence-electron chi connectivity index (χ1n) is 5.29. The lowest BCUT2D eigenvalue weighted by Crippen LogP contribution is -2.36. The van der Waals surface area contributed by atoms with Crippen LogP contribution in [0, 0.1) is 0 Å². The Morgan fingerprint density at radius 3 is 2.53 bits per heavy atom. The first kappa shape index (κ1) is 12.1. The third-order valence-electron chi connectivity index (χ3n) is 2.53. The van der Waals surface area contributed by atoms with E-state index in [1.807, 2.05) is 0 Å². The molecule has 0 aromatic carbocycles. The molecule has 0 aliphatic carbocycles. The molecule has 4 nitrogen and oxygen atoms in total. The number of nitrogens with zero attached hydrogens (tertiary/aromatic N) is 3. The third-order valence-corrected chi connectivity index (χ3v) is 2.53. The molecular formula is C11H19N3O. The fourth-order valence-corrected chi connectivity index (χ4v) is 1.71. The van der Waals surface area contributed by atoms with E-state index >= 15 is 0 Å². The largest absolute Gasteiger partial charge is 0.395 e. The zero-order valence-electron chi connectivity index (χ0n) is 9.59. The third kappa shape index (κ3) is 3.25. The predicted octanol–water partition coefficient (Wildman–Crippen LogP) is 1.24. The second-order valence-electron chi connectivity index (χ2n) is 3.86. The number of hydrogen-bond acceptors (Lipinski definition) is 4. The van der Waals surface area contributed by atoms with Gasteiger partial charge in [0.15, 0.2) is 0 Å². The van der Waals surface area contributed by atoms with E-state index in [2.05, 4.69) is 35.6 Å². The lowest BCUT2D eigenvalue weighted by atomic mass is 10.1. The van der Waals surface area contributed by atoms with Gasteiger partial charge in [-0.25, -0.2) is 0 Å². The molecule has 1 atom stereocenters. The number of rotatable bonds is 5. The maximum Gasteiger partial charge on any atom is 0.0755 e. The van der Waals surface area contributed by atoms with Gasteiger partial charge in [0.1, 0.15) is 0 Å². The monoisotopic (exact) mass is 209 g/mol. The molecule has 0 amide bonds. The topological polar surface area (TPSA) is 49.2 Å². The van der Waals surface area contributed by atoms with Gasteiger partial charge >= 0.3 is 0 Å². The van der Waals surface area contributed by atoms with Crippen LogP contribution in [0.2, 0.25) is 0 Å². The molecule has 0 fully saturated rings. The molecule has 84 valence electrons. The predicted molar refractivity (Wildman–Crippen MR) is 59.4 cm³/mol. The van der Waals surface area contributed by atoms with Crippen LogP contribution >= 0.6 is 0 Å². The van der Waals surface area contributed by atoms with Crippen molar-refractivity contribution in [2.45, 2.75) is 32.9 Å². The van der Waals surface area contributed by atoms with Gasteiger partial charge in [-0.2, -0.15) is 0 Å². The average molecular weight is 209 g/mol. The minimum Gasteiger partial charge on any atom is -0.395 e.